The van der Waals surface area contributed by atoms with Crippen LogP contribution in [-0.2, 0) is 32.7 Å². The molecule has 5 aromatic rings. The molecule has 0 bridgehead atoms. The van der Waals surface area contributed by atoms with Gasteiger partial charge in [-0.15, -0.1) is 11.3 Å². The van der Waals surface area contributed by atoms with Crippen LogP contribution in [0.15, 0.2) is 89.1 Å². The van der Waals surface area contributed by atoms with Gasteiger partial charge in [0.15, 0.2) is 21.8 Å². The van der Waals surface area contributed by atoms with E-state index in [1.54, 1.807) is 37.3 Å². The van der Waals surface area contributed by atoms with Gasteiger partial charge in [0.25, 0.3) is 5.91 Å². The molecule has 322 valence electrons. The average Bonchev–Trinajstić information content (AvgIpc) is 3.79. The molecule has 1 fully saturated rings. The topological polar surface area (TPSA) is 195 Å². The van der Waals surface area contributed by atoms with Crippen LogP contribution < -0.4 is 24.7 Å². The zero-order chi connectivity index (χ0) is 44.3. The Hall–Kier alpha value is -5.89. The summed E-state index contributed by atoms with van der Waals surface area (Å²) in [6.45, 7) is 3.85. The molecule has 0 aliphatic carbocycles. The first-order valence-corrected chi connectivity index (χ1v) is 21.1. The summed E-state index contributed by atoms with van der Waals surface area (Å²) < 4.78 is 77.8. The number of aliphatic carboxylic acids is 1. The van der Waals surface area contributed by atoms with E-state index in [4.69, 9.17) is 40.9 Å². The molecular formula is C41H40ClF3N4O10S2+2. The van der Waals surface area contributed by atoms with Crippen molar-refractivity contribution in [1.82, 2.24) is 0 Å². The number of anilines is 1. The summed E-state index contributed by atoms with van der Waals surface area (Å²) in [7, 11) is -2.07. The number of aromatic hydroxyl groups is 1. The number of thiophene rings is 1. The number of likely N-dealkylation sites (tertiary alicyclic amines) is 1. The van der Waals surface area contributed by atoms with Gasteiger partial charge < -0.3 is 34.1 Å². The van der Waals surface area contributed by atoms with Gasteiger partial charge in [0.1, 0.15) is 36.0 Å². The number of ether oxygens (including phenoxy) is 2. The highest BCUT2D eigenvalue weighted by Gasteiger charge is 2.40. The maximum atomic E-state index is 14.3. The number of carbonyl (C=O) groups excluding carboxylic acids is 2. The maximum Gasteiger partial charge on any atom is 0.496 e. The molecule has 0 saturated carbocycles. The van der Waals surface area contributed by atoms with Crippen LogP contribution in [0.2, 0.25) is 5.02 Å². The van der Waals surface area contributed by atoms with Crippen LogP contribution in [0, 0.1) is 6.92 Å². The fourth-order valence-corrected chi connectivity index (χ4v) is 10.0. The van der Waals surface area contributed by atoms with Gasteiger partial charge in [0.2, 0.25) is 6.79 Å². The molecule has 1 aromatic heterocycles. The number of halogens is 4. The molecule has 7 rings (SSSR count). The fraction of sp³-hybridized carbons (Fsp3) is 0.268. The van der Waals surface area contributed by atoms with E-state index in [1.165, 1.54) is 41.0 Å². The zero-order valence-corrected chi connectivity index (χ0v) is 35.0. The summed E-state index contributed by atoms with van der Waals surface area (Å²) in [4.78, 5) is 36.4. The number of carbonyl (C=O) groups is 3. The van der Waals surface area contributed by atoms with Crippen LogP contribution in [0.4, 0.5) is 23.7 Å². The van der Waals surface area contributed by atoms with Crippen molar-refractivity contribution in [3.63, 3.8) is 0 Å². The number of nitrogens with zero attached hydrogens (tertiary/aromatic N) is 2. The molecule has 61 heavy (non-hydrogen) atoms. The molecule has 2 aliphatic rings. The van der Waals surface area contributed by atoms with Crippen molar-refractivity contribution >= 4 is 72.4 Å². The summed E-state index contributed by atoms with van der Waals surface area (Å²) in [6.07, 6.45) is -3.64. The Labute approximate surface area is 356 Å². The largest absolute Gasteiger partial charge is 0.508 e. The van der Waals surface area contributed by atoms with Crippen molar-refractivity contribution in [1.29, 1.82) is 0 Å². The summed E-state index contributed by atoms with van der Waals surface area (Å²) in [5.41, 5.74) is 9.46. The monoisotopic (exact) mass is 904 g/mol. The third kappa shape index (κ3) is 10.9. The molecule has 2 atom stereocenters. The average molecular weight is 905 g/mol. The van der Waals surface area contributed by atoms with Crippen LogP contribution in [0.3, 0.4) is 0 Å². The minimum Gasteiger partial charge on any atom is -0.508 e. The first-order chi connectivity index (χ1) is 28.7. The quantitative estimate of drug-likeness (QED) is 0.0632. The van der Waals surface area contributed by atoms with Crippen molar-refractivity contribution < 1.29 is 68.9 Å². The van der Waals surface area contributed by atoms with Crippen molar-refractivity contribution in [3.05, 3.63) is 107 Å². The van der Waals surface area contributed by atoms with Crippen LogP contribution in [0.1, 0.15) is 29.5 Å². The number of nitrogens with one attached hydrogen (secondary N) is 1. The number of hydrogen-bond acceptors (Lipinski definition) is 10. The molecule has 14 nitrogen and oxygen atoms in total. The number of fused-ring (bicyclic) bond motifs is 2. The number of alkyl halides is 3. The lowest BCUT2D eigenvalue weighted by atomic mass is 10.0. The summed E-state index contributed by atoms with van der Waals surface area (Å²) >= 11 is 7.20. The van der Waals surface area contributed by atoms with Crippen molar-refractivity contribution in [3.8, 4) is 23.0 Å². The molecule has 4 aromatic carbocycles. The van der Waals surface area contributed by atoms with Crippen molar-refractivity contribution in [2.24, 2.45) is 5.73 Å². The Morgan fingerprint density at radius 1 is 1.00 bits per heavy atom. The van der Waals surface area contributed by atoms with Crippen LogP contribution in [0.25, 0.3) is 10.1 Å². The molecule has 0 spiro atoms. The summed E-state index contributed by atoms with van der Waals surface area (Å²) in [5.74, 6) is -1.92. The number of primary amides is 1. The Balaban J connectivity index is 0.000000819. The standard InChI is InChI=1S/C39H37ClN4O8S2.C2HF3O2/c1-24-32-15-8-27(40)20-36(32)53-38(24)54(48,49)52-31-13-9-28(10-14-31)42-39(47)43(33(37(41)46)18-25-5-11-30(45)12-6-25)29-4-3-17-44(2,22-29)21-26-7-16-34-35(19-26)51-23-50-34;3-2(4,5)1(6)7/h5-16,19-20,33H,3-4,17-18,21-23H2,1-2H3,(H2-2,41,42,45,46,47);(H,6,7)/p+2/b43-29-;/t33-,44?;/m0./s1. The molecule has 2 aliphatic heterocycles. The lowest BCUT2D eigenvalue weighted by Crippen LogP contribution is -2.56. The molecule has 5 N–H and O–H groups in total. The van der Waals surface area contributed by atoms with Gasteiger partial charge in [-0.25, -0.2) is 10.1 Å². The van der Waals surface area contributed by atoms with E-state index in [0.717, 1.165) is 45.7 Å². The first kappa shape index (κ1) is 44.7. The van der Waals surface area contributed by atoms with Gasteiger partial charge in [-0.3, -0.25) is 4.79 Å². The smallest absolute Gasteiger partial charge is 0.496 e. The predicted molar refractivity (Wildman–Crippen MR) is 220 cm³/mol. The van der Waals surface area contributed by atoms with Gasteiger partial charge in [-0.2, -0.15) is 31.0 Å². The SMILES string of the molecule is Cc1c(S(=O)(=O)Oc2ccc(NC(=O)/[N+](=C3/CCC[N+](C)(Cc4ccc5c(c4)OCO5)C3)[C@@H](Cc3ccc(O)cc3)C(N)=O)cc2)sc2cc(Cl)ccc12.O=C(O)C(F)(F)F. The van der Waals surface area contributed by atoms with Gasteiger partial charge in [-0.1, -0.05) is 29.8 Å². The Morgan fingerprint density at radius 3 is 2.31 bits per heavy atom. The molecule has 1 saturated heterocycles. The summed E-state index contributed by atoms with van der Waals surface area (Å²) in [6, 6.07) is 21.8. The Bertz CT molecular complexity index is 2620. The van der Waals surface area contributed by atoms with Gasteiger partial charge in [0.05, 0.1) is 13.6 Å². The number of rotatable bonds is 10. The second-order valence-electron chi connectivity index (χ2n) is 14.6. The van der Waals surface area contributed by atoms with E-state index >= 15 is 0 Å². The minimum atomic E-state index is -5.08. The number of piperidine rings is 1. The van der Waals surface area contributed by atoms with E-state index in [-0.39, 0.29) is 28.9 Å². The van der Waals surface area contributed by atoms with Crippen molar-refractivity contribution in [2.45, 2.75) is 49.2 Å². The number of aryl methyl sites for hydroxylation is 1. The first-order valence-electron chi connectivity index (χ1n) is 18.5. The maximum absolute atomic E-state index is 14.3. The van der Waals surface area contributed by atoms with Crippen LogP contribution in [-0.4, -0.2) is 90.5 Å². The number of carboxylic acid groups (broad SMARTS) is 1. The van der Waals surface area contributed by atoms with Crippen LogP contribution in [0.5, 0.6) is 23.0 Å². The number of carboxylic acids is 1. The van der Waals surface area contributed by atoms with Crippen LogP contribution >= 0.6 is 22.9 Å². The van der Waals surface area contributed by atoms with E-state index in [1.807, 2.05) is 18.2 Å². The minimum absolute atomic E-state index is 0.0559. The van der Waals surface area contributed by atoms with E-state index in [2.05, 4.69) is 12.4 Å². The zero-order valence-electron chi connectivity index (χ0n) is 32.6. The third-order valence-corrected chi connectivity index (χ3v) is 13.3. The number of amides is 3. The number of nitrogens with two attached hydrogens (primary N) is 1. The molecule has 3 heterocycles. The van der Waals surface area contributed by atoms with E-state index in [9.17, 15) is 36.3 Å². The number of phenolic OH excluding ortho intramolecular Hbond substituents is 1. The lowest BCUT2D eigenvalue weighted by molar-refractivity contribution is -0.918. The number of quaternary nitrogens is 1. The Morgan fingerprint density at radius 2 is 1.66 bits per heavy atom. The second-order valence-corrected chi connectivity index (χ2v) is 17.9. The predicted octanol–water partition coefficient (Wildman–Crippen LogP) is 7.22. The number of urea groups is 1. The lowest BCUT2D eigenvalue weighted by Gasteiger charge is -2.38. The molecular weight excluding hydrogens is 865 g/mol. The highest BCUT2D eigenvalue weighted by molar-refractivity contribution is 7.89. The van der Waals surface area contributed by atoms with Crippen molar-refractivity contribution in [2.75, 3.05) is 32.2 Å². The normalized spacial score (nSPS) is 17.5. The van der Waals surface area contributed by atoms with Gasteiger partial charge in [-0.05, 0) is 90.2 Å². The van der Waals surface area contributed by atoms with Gasteiger partial charge in [0, 0.05) is 34.5 Å². The van der Waals surface area contributed by atoms with Gasteiger partial charge >= 0.3 is 28.3 Å². The molecule has 1 unspecified atom stereocenters. The highest BCUT2D eigenvalue weighted by atomic mass is 35.5. The number of benzene rings is 4. The number of phenols is 1. The molecule has 0 radical (unpaired) electrons. The number of hydrogen-bond donors (Lipinski definition) is 4. The third-order valence-electron chi connectivity index (χ3n) is 9.93. The van der Waals surface area contributed by atoms with E-state index in [0.29, 0.717) is 57.3 Å². The highest BCUT2D eigenvalue weighted by Crippen LogP contribution is 2.37. The fourth-order valence-electron chi connectivity index (χ4n) is 7.11. The molecule has 3 amide bonds. The molecule has 20 heteroatoms. The van der Waals surface area contributed by atoms with E-state index < -0.39 is 40.2 Å². The summed E-state index contributed by atoms with van der Waals surface area (Å²) in [5, 5.41) is 21.2. The second kappa shape index (κ2) is 18.0. The Kier molecular flexibility index (Phi) is 13.2.